The van der Waals surface area contributed by atoms with Crippen LogP contribution in [-0.2, 0) is 32.1 Å². The summed E-state index contributed by atoms with van der Waals surface area (Å²) in [5.41, 5.74) is 7.21. The molecule has 0 saturated heterocycles. The van der Waals surface area contributed by atoms with Crippen molar-refractivity contribution in [2.24, 2.45) is 5.73 Å². The van der Waals surface area contributed by atoms with Gasteiger partial charge < -0.3 is 20.5 Å². The molecule has 0 aliphatic rings. The number of rotatable bonds is 9. The van der Waals surface area contributed by atoms with E-state index in [0.29, 0.717) is 12.4 Å². The Morgan fingerprint density at radius 3 is 2.26 bits per heavy atom. The first-order valence-corrected chi connectivity index (χ1v) is 8.41. The molecule has 7 nitrogen and oxygen atoms in total. The van der Waals surface area contributed by atoms with E-state index in [4.69, 9.17) is 10.5 Å². The zero-order valence-corrected chi connectivity index (χ0v) is 15.0. The monoisotopic (exact) mass is 370 g/mol. The van der Waals surface area contributed by atoms with Gasteiger partial charge in [-0.25, -0.2) is 0 Å². The number of hydrogen-bond acceptors (Lipinski definition) is 5. The summed E-state index contributed by atoms with van der Waals surface area (Å²) in [6.07, 6.45) is 0.222. The van der Waals surface area contributed by atoms with Crippen LogP contribution in [0.4, 0.5) is 0 Å². The molecule has 0 heterocycles. The van der Waals surface area contributed by atoms with Gasteiger partial charge in [-0.15, -0.1) is 0 Å². The van der Waals surface area contributed by atoms with Crippen molar-refractivity contribution in [1.82, 2.24) is 5.32 Å². The van der Waals surface area contributed by atoms with Gasteiger partial charge in [0.25, 0.3) is 5.91 Å². The van der Waals surface area contributed by atoms with Crippen molar-refractivity contribution in [3.63, 3.8) is 0 Å². The standard InChI is InChI=1S/C20H22N2O5/c1-14(23)26-13-19(24)22-18(20(21)25)11-15-7-9-17(10-8-15)27-12-16-5-3-2-4-6-16/h2-10,18H,11-13H2,1H3,(H2,21,25)(H,22,24)/t18-/m0/s1. The van der Waals surface area contributed by atoms with Crippen LogP contribution in [0.1, 0.15) is 18.1 Å². The van der Waals surface area contributed by atoms with Gasteiger partial charge in [-0.1, -0.05) is 42.5 Å². The first-order valence-electron chi connectivity index (χ1n) is 8.41. The van der Waals surface area contributed by atoms with E-state index >= 15 is 0 Å². The van der Waals surface area contributed by atoms with Crippen molar-refractivity contribution < 1.29 is 23.9 Å². The van der Waals surface area contributed by atoms with Crippen LogP contribution in [0.15, 0.2) is 54.6 Å². The molecule has 3 N–H and O–H groups in total. The first-order chi connectivity index (χ1) is 12.9. The Hall–Kier alpha value is -3.35. The number of nitrogens with two attached hydrogens (primary N) is 1. The van der Waals surface area contributed by atoms with E-state index in [1.807, 2.05) is 30.3 Å². The van der Waals surface area contributed by atoms with Crippen molar-refractivity contribution >= 4 is 17.8 Å². The van der Waals surface area contributed by atoms with E-state index in [2.05, 4.69) is 10.1 Å². The minimum atomic E-state index is -0.899. The molecule has 2 aromatic carbocycles. The van der Waals surface area contributed by atoms with Crippen molar-refractivity contribution in [2.75, 3.05) is 6.61 Å². The van der Waals surface area contributed by atoms with Crippen LogP contribution in [0.5, 0.6) is 5.75 Å². The van der Waals surface area contributed by atoms with Gasteiger partial charge in [-0.3, -0.25) is 14.4 Å². The Morgan fingerprint density at radius 1 is 1.00 bits per heavy atom. The Balaban J connectivity index is 1.89. The summed E-state index contributed by atoms with van der Waals surface area (Å²) in [5.74, 6) is -1.14. The number of nitrogens with one attached hydrogen (secondary N) is 1. The maximum Gasteiger partial charge on any atom is 0.303 e. The second kappa shape index (κ2) is 9.96. The second-order valence-electron chi connectivity index (χ2n) is 5.93. The van der Waals surface area contributed by atoms with Gasteiger partial charge >= 0.3 is 5.97 Å². The molecule has 2 aromatic rings. The largest absolute Gasteiger partial charge is 0.489 e. The fourth-order valence-corrected chi connectivity index (χ4v) is 2.32. The van der Waals surface area contributed by atoms with E-state index in [0.717, 1.165) is 11.1 Å². The van der Waals surface area contributed by atoms with E-state index in [-0.39, 0.29) is 6.42 Å². The summed E-state index contributed by atoms with van der Waals surface area (Å²) in [5, 5.41) is 2.46. The van der Waals surface area contributed by atoms with Crippen LogP contribution in [0.2, 0.25) is 0 Å². The van der Waals surface area contributed by atoms with Gasteiger partial charge in [0.2, 0.25) is 5.91 Å². The molecule has 7 heteroatoms. The summed E-state index contributed by atoms with van der Waals surface area (Å²) < 4.78 is 10.3. The van der Waals surface area contributed by atoms with Gasteiger partial charge in [0.1, 0.15) is 18.4 Å². The lowest BCUT2D eigenvalue weighted by atomic mass is 10.1. The SMILES string of the molecule is CC(=O)OCC(=O)N[C@@H](Cc1ccc(OCc2ccccc2)cc1)C(N)=O. The molecule has 2 rings (SSSR count). The van der Waals surface area contributed by atoms with E-state index in [1.54, 1.807) is 24.3 Å². The summed E-state index contributed by atoms with van der Waals surface area (Å²) in [4.78, 5) is 34.0. The molecule has 0 unspecified atom stereocenters. The number of primary amides is 1. The molecule has 0 radical (unpaired) electrons. The Bertz CT molecular complexity index is 775. The number of ether oxygens (including phenoxy) is 2. The van der Waals surface area contributed by atoms with Gasteiger partial charge in [0, 0.05) is 13.3 Å². The number of carbonyl (C=O) groups excluding carboxylic acids is 3. The molecule has 0 saturated carbocycles. The number of hydrogen-bond donors (Lipinski definition) is 2. The van der Waals surface area contributed by atoms with Crippen LogP contribution in [0.3, 0.4) is 0 Å². The maximum atomic E-state index is 11.7. The lowest BCUT2D eigenvalue weighted by Gasteiger charge is -2.16. The lowest BCUT2D eigenvalue weighted by molar-refractivity contribution is -0.146. The van der Waals surface area contributed by atoms with Crippen molar-refractivity contribution in [1.29, 1.82) is 0 Å². The Kier molecular flexibility index (Phi) is 7.37. The van der Waals surface area contributed by atoms with Crippen LogP contribution in [-0.4, -0.2) is 30.4 Å². The van der Waals surface area contributed by atoms with Crippen LogP contribution in [0, 0.1) is 0 Å². The third-order valence-electron chi connectivity index (χ3n) is 3.70. The quantitative estimate of drug-likeness (QED) is 0.648. The average molecular weight is 370 g/mol. The predicted octanol–water partition coefficient (Wildman–Crippen LogP) is 1.34. The fraction of sp³-hybridized carbons (Fsp3) is 0.250. The summed E-state index contributed by atoms with van der Waals surface area (Å²) >= 11 is 0. The van der Waals surface area contributed by atoms with Gasteiger partial charge in [-0.2, -0.15) is 0 Å². The molecule has 2 amide bonds. The van der Waals surface area contributed by atoms with E-state index in [9.17, 15) is 14.4 Å². The highest BCUT2D eigenvalue weighted by atomic mass is 16.5. The molecular weight excluding hydrogens is 348 g/mol. The fourth-order valence-electron chi connectivity index (χ4n) is 2.32. The third kappa shape index (κ3) is 7.19. The van der Waals surface area contributed by atoms with Gasteiger partial charge in [-0.05, 0) is 23.3 Å². The van der Waals surface area contributed by atoms with Gasteiger partial charge in [0.05, 0.1) is 0 Å². The topological polar surface area (TPSA) is 108 Å². The molecule has 0 bridgehead atoms. The summed E-state index contributed by atoms with van der Waals surface area (Å²) in [6.45, 7) is 1.20. The van der Waals surface area contributed by atoms with E-state index in [1.165, 1.54) is 6.92 Å². The van der Waals surface area contributed by atoms with Crippen LogP contribution >= 0.6 is 0 Å². The zero-order valence-electron chi connectivity index (χ0n) is 15.0. The number of amides is 2. The highest BCUT2D eigenvalue weighted by Crippen LogP contribution is 2.15. The van der Waals surface area contributed by atoms with E-state index < -0.39 is 30.4 Å². The van der Waals surface area contributed by atoms with Gasteiger partial charge in [0.15, 0.2) is 6.61 Å². The average Bonchev–Trinajstić information content (AvgIpc) is 2.66. The normalized spacial score (nSPS) is 11.3. The maximum absolute atomic E-state index is 11.7. The minimum absolute atomic E-state index is 0.222. The predicted molar refractivity (Wildman–Crippen MR) is 98.7 cm³/mol. The minimum Gasteiger partial charge on any atom is -0.489 e. The number of benzene rings is 2. The Morgan fingerprint density at radius 2 is 1.67 bits per heavy atom. The molecule has 27 heavy (non-hydrogen) atoms. The molecule has 1 atom stereocenters. The molecular formula is C20H22N2O5. The molecule has 0 spiro atoms. The molecule has 0 aliphatic carbocycles. The van der Waals surface area contributed by atoms with Crippen molar-refractivity contribution in [3.05, 3.63) is 65.7 Å². The zero-order chi connectivity index (χ0) is 19.6. The summed E-state index contributed by atoms with van der Waals surface area (Å²) in [7, 11) is 0. The lowest BCUT2D eigenvalue weighted by Crippen LogP contribution is -2.47. The third-order valence-corrected chi connectivity index (χ3v) is 3.70. The van der Waals surface area contributed by atoms with Crippen molar-refractivity contribution in [2.45, 2.75) is 26.0 Å². The second-order valence-corrected chi connectivity index (χ2v) is 5.93. The van der Waals surface area contributed by atoms with Crippen LogP contribution < -0.4 is 15.8 Å². The molecule has 0 fully saturated rings. The number of carbonyl (C=O) groups is 3. The van der Waals surface area contributed by atoms with Crippen molar-refractivity contribution in [3.8, 4) is 5.75 Å². The Labute approximate surface area is 157 Å². The first kappa shape index (κ1) is 20.0. The van der Waals surface area contributed by atoms with Crippen LogP contribution in [0.25, 0.3) is 0 Å². The highest BCUT2D eigenvalue weighted by molar-refractivity contribution is 5.88. The summed E-state index contributed by atoms with van der Waals surface area (Å²) in [6, 6.07) is 16.1. The molecule has 142 valence electrons. The molecule has 0 aromatic heterocycles. The smallest absolute Gasteiger partial charge is 0.303 e. The molecule has 0 aliphatic heterocycles. The highest BCUT2D eigenvalue weighted by Gasteiger charge is 2.19. The number of esters is 1.